The third-order valence-corrected chi connectivity index (χ3v) is 4.19. The first-order chi connectivity index (χ1) is 12.2. The van der Waals surface area contributed by atoms with Crippen LogP contribution in [0.1, 0.15) is 10.6 Å². The van der Waals surface area contributed by atoms with Crippen molar-refractivity contribution in [2.45, 2.75) is 12.6 Å². The standard InChI is InChI=1S/C14H14F3N5O3S/c15-14(16,17)11-3-4-19-13(20-11)22(18)12(24)9(7-21(25)8-23)6-10-2-1-5-26-10/h1-5,8-9,25H,6-7,18H2/t9-/m1/s1. The van der Waals surface area contributed by atoms with Gasteiger partial charge >= 0.3 is 6.18 Å². The van der Waals surface area contributed by atoms with E-state index in [0.717, 1.165) is 11.1 Å². The predicted octanol–water partition coefficient (Wildman–Crippen LogP) is 1.47. The number of nitrogens with zero attached hydrogens (tertiary/aromatic N) is 4. The summed E-state index contributed by atoms with van der Waals surface area (Å²) in [6.45, 7) is -0.396. The number of carbonyl (C=O) groups is 2. The summed E-state index contributed by atoms with van der Waals surface area (Å²) in [5.74, 6) is 3.11. The molecule has 0 saturated carbocycles. The van der Waals surface area contributed by atoms with Gasteiger partial charge < -0.3 is 0 Å². The van der Waals surface area contributed by atoms with Crippen molar-refractivity contribution < 1.29 is 28.0 Å². The quantitative estimate of drug-likeness (QED) is 0.244. The van der Waals surface area contributed by atoms with Crippen LogP contribution in [0.15, 0.2) is 29.8 Å². The number of aromatic nitrogens is 2. The van der Waals surface area contributed by atoms with Crippen molar-refractivity contribution in [3.63, 3.8) is 0 Å². The number of amides is 2. The van der Waals surface area contributed by atoms with Crippen LogP contribution in [-0.2, 0) is 22.2 Å². The maximum Gasteiger partial charge on any atom is 0.433 e. The SMILES string of the molecule is NN(C(=O)[C@H](Cc1cccs1)CN(O)C=O)c1nccc(C(F)(F)F)n1. The number of alkyl halides is 3. The fourth-order valence-corrected chi connectivity index (χ4v) is 2.87. The molecule has 2 aromatic rings. The first kappa shape index (κ1) is 19.8. The molecular weight excluding hydrogens is 375 g/mol. The highest BCUT2D eigenvalue weighted by Crippen LogP contribution is 2.28. The number of hydroxylamine groups is 2. The molecular formula is C14H14F3N5O3S. The summed E-state index contributed by atoms with van der Waals surface area (Å²) in [6.07, 6.45) is -3.67. The molecule has 0 saturated heterocycles. The molecule has 140 valence electrons. The second-order valence-corrected chi connectivity index (χ2v) is 6.19. The summed E-state index contributed by atoms with van der Waals surface area (Å²) in [5.41, 5.74) is -1.25. The minimum atomic E-state index is -4.72. The summed E-state index contributed by atoms with van der Waals surface area (Å²) < 4.78 is 38.2. The Labute approximate surface area is 149 Å². The normalized spacial score (nSPS) is 12.5. The zero-order valence-electron chi connectivity index (χ0n) is 13.1. The van der Waals surface area contributed by atoms with Crippen molar-refractivity contribution in [1.82, 2.24) is 15.0 Å². The van der Waals surface area contributed by atoms with Crippen molar-refractivity contribution in [3.8, 4) is 0 Å². The van der Waals surface area contributed by atoms with E-state index in [-0.39, 0.29) is 17.9 Å². The number of carbonyl (C=O) groups excluding carboxylic acids is 2. The Kier molecular flexibility index (Phi) is 6.23. The van der Waals surface area contributed by atoms with Gasteiger partial charge in [0.25, 0.3) is 0 Å². The molecule has 2 amide bonds. The Morgan fingerprint density at radius 3 is 2.73 bits per heavy atom. The highest BCUT2D eigenvalue weighted by Gasteiger charge is 2.34. The van der Waals surface area contributed by atoms with E-state index in [4.69, 9.17) is 5.84 Å². The fraction of sp³-hybridized carbons (Fsp3) is 0.286. The van der Waals surface area contributed by atoms with Crippen LogP contribution >= 0.6 is 11.3 Å². The third-order valence-electron chi connectivity index (χ3n) is 3.29. The Morgan fingerprint density at radius 1 is 1.42 bits per heavy atom. The monoisotopic (exact) mass is 389 g/mol. The van der Waals surface area contributed by atoms with Gasteiger partial charge in [0, 0.05) is 11.1 Å². The molecule has 12 heteroatoms. The highest BCUT2D eigenvalue weighted by molar-refractivity contribution is 7.09. The molecule has 0 bridgehead atoms. The Hall–Kier alpha value is -2.57. The molecule has 1 atom stereocenters. The molecule has 3 N–H and O–H groups in total. The van der Waals surface area contributed by atoms with E-state index >= 15 is 0 Å². The lowest BCUT2D eigenvalue weighted by molar-refractivity contribution is -0.154. The van der Waals surface area contributed by atoms with E-state index in [1.165, 1.54) is 11.3 Å². The first-order valence-corrected chi connectivity index (χ1v) is 8.02. The fourth-order valence-electron chi connectivity index (χ4n) is 2.09. The molecule has 0 spiro atoms. The second kappa shape index (κ2) is 8.21. The smallest absolute Gasteiger partial charge is 0.286 e. The van der Waals surface area contributed by atoms with E-state index in [0.29, 0.717) is 11.1 Å². The van der Waals surface area contributed by atoms with Crippen molar-refractivity contribution in [2.24, 2.45) is 11.8 Å². The number of hydrazine groups is 1. The van der Waals surface area contributed by atoms with Gasteiger partial charge in [0.1, 0.15) is 5.69 Å². The van der Waals surface area contributed by atoms with Crippen LogP contribution in [0, 0.1) is 5.92 Å². The van der Waals surface area contributed by atoms with Crippen LogP contribution in [-0.4, -0.2) is 39.1 Å². The van der Waals surface area contributed by atoms with Crippen LogP contribution in [0.5, 0.6) is 0 Å². The highest BCUT2D eigenvalue weighted by atomic mass is 32.1. The molecule has 2 aromatic heterocycles. The zero-order chi connectivity index (χ0) is 19.3. The van der Waals surface area contributed by atoms with Gasteiger partial charge in [-0.25, -0.2) is 25.9 Å². The molecule has 0 fully saturated rings. The molecule has 2 heterocycles. The molecule has 2 rings (SSSR count). The number of hydrogen-bond donors (Lipinski definition) is 2. The van der Waals surface area contributed by atoms with Gasteiger partial charge in [-0.05, 0) is 23.9 Å². The van der Waals surface area contributed by atoms with E-state index in [1.54, 1.807) is 17.5 Å². The van der Waals surface area contributed by atoms with Gasteiger partial charge in [-0.2, -0.15) is 13.2 Å². The van der Waals surface area contributed by atoms with Gasteiger partial charge in [0.05, 0.1) is 12.5 Å². The number of halogens is 3. The number of rotatable bonds is 7. The molecule has 8 nitrogen and oxygen atoms in total. The zero-order valence-corrected chi connectivity index (χ0v) is 13.9. The molecule has 0 radical (unpaired) electrons. The van der Waals surface area contributed by atoms with Gasteiger partial charge in [-0.15, -0.1) is 11.3 Å². The minimum Gasteiger partial charge on any atom is -0.286 e. The Morgan fingerprint density at radius 2 is 2.15 bits per heavy atom. The van der Waals surface area contributed by atoms with Gasteiger partial charge in [0.2, 0.25) is 18.3 Å². The van der Waals surface area contributed by atoms with E-state index in [2.05, 4.69) is 9.97 Å². The summed E-state index contributed by atoms with van der Waals surface area (Å²) in [4.78, 5) is 30.8. The first-order valence-electron chi connectivity index (χ1n) is 7.14. The van der Waals surface area contributed by atoms with Crippen molar-refractivity contribution in [3.05, 3.63) is 40.3 Å². The summed E-state index contributed by atoms with van der Waals surface area (Å²) in [6, 6.07) is 4.12. The Balaban J connectivity index is 2.24. The molecule has 0 unspecified atom stereocenters. The molecule has 26 heavy (non-hydrogen) atoms. The topological polar surface area (TPSA) is 113 Å². The lowest BCUT2D eigenvalue weighted by atomic mass is 10.0. The van der Waals surface area contributed by atoms with Gasteiger partial charge in [0.15, 0.2) is 0 Å². The van der Waals surface area contributed by atoms with E-state index in [1.807, 2.05) is 0 Å². The van der Waals surface area contributed by atoms with Crippen molar-refractivity contribution >= 4 is 29.6 Å². The van der Waals surface area contributed by atoms with E-state index < -0.39 is 36.2 Å². The number of thiophene rings is 1. The van der Waals surface area contributed by atoms with Crippen LogP contribution < -0.4 is 10.9 Å². The summed E-state index contributed by atoms with van der Waals surface area (Å²) >= 11 is 1.34. The van der Waals surface area contributed by atoms with Gasteiger partial charge in [-0.3, -0.25) is 14.8 Å². The van der Waals surface area contributed by atoms with Crippen LogP contribution in [0.2, 0.25) is 0 Å². The largest absolute Gasteiger partial charge is 0.433 e. The molecule has 0 aliphatic carbocycles. The predicted molar refractivity (Wildman–Crippen MR) is 84.8 cm³/mol. The minimum absolute atomic E-state index is 0.107. The lowest BCUT2D eigenvalue weighted by Gasteiger charge is -2.23. The Bertz CT molecular complexity index is 757. The average molecular weight is 389 g/mol. The number of hydrogen-bond acceptors (Lipinski definition) is 7. The van der Waals surface area contributed by atoms with Crippen molar-refractivity contribution in [2.75, 3.05) is 11.6 Å². The molecule has 0 aromatic carbocycles. The van der Waals surface area contributed by atoms with Crippen molar-refractivity contribution in [1.29, 1.82) is 0 Å². The van der Waals surface area contributed by atoms with E-state index in [9.17, 15) is 28.0 Å². The maximum absolute atomic E-state index is 12.7. The number of nitrogens with two attached hydrogens (primary N) is 1. The van der Waals surface area contributed by atoms with Crippen LogP contribution in [0.4, 0.5) is 19.1 Å². The van der Waals surface area contributed by atoms with Crippen LogP contribution in [0.25, 0.3) is 0 Å². The van der Waals surface area contributed by atoms with Crippen LogP contribution in [0.3, 0.4) is 0 Å². The third kappa shape index (κ3) is 4.97. The second-order valence-electron chi connectivity index (χ2n) is 5.16. The summed E-state index contributed by atoms with van der Waals surface area (Å²) in [7, 11) is 0. The average Bonchev–Trinajstić information content (AvgIpc) is 3.12. The number of anilines is 1. The molecule has 0 aliphatic heterocycles. The lowest BCUT2D eigenvalue weighted by Crippen LogP contribution is -2.46. The summed E-state index contributed by atoms with van der Waals surface area (Å²) in [5, 5.41) is 11.8. The molecule has 0 aliphatic rings. The van der Waals surface area contributed by atoms with Gasteiger partial charge in [-0.1, -0.05) is 6.07 Å². The maximum atomic E-state index is 12.7.